The maximum atomic E-state index is 12.6. The molecule has 10 heteroatoms. The monoisotopic (exact) mass is 375 g/mol. The van der Waals surface area contributed by atoms with Gasteiger partial charge in [0.05, 0.1) is 18.8 Å². The van der Waals surface area contributed by atoms with E-state index in [2.05, 4.69) is 0 Å². The third-order valence-electron chi connectivity index (χ3n) is 3.93. The number of carbonyl (C=O) groups excluding carboxylic acids is 2. The van der Waals surface area contributed by atoms with Gasteiger partial charge < -0.3 is 20.5 Å². The van der Waals surface area contributed by atoms with Gasteiger partial charge >= 0.3 is 12.3 Å². The first-order chi connectivity index (χ1) is 12.2. The van der Waals surface area contributed by atoms with E-state index in [4.69, 9.17) is 15.2 Å². The van der Waals surface area contributed by atoms with Crippen molar-refractivity contribution in [3.63, 3.8) is 0 Å². The summed E-state index contributed by atoms with van der Waals surface area (Å²) < 4.78 is 47.0. The van der Waals surface area contributed by atoms with Crippen LogP contribution >= 0.6 is 0 Å². The van der Waals surface area contributed by atoms with Gasteiger partial charge in [-0.05, 0) is 18.6 Å². The number of alkyl carbamates (subject to hydrolysis) is 1. The Morgan fingerprint density at radius 1 is 1.42 bits per heavy atom. The molecule has 26 heavy (non-hydrogen) atoms. The predicted octanol–water partition coefficient (Wildman–Crippen LogP) is 1.94. The van der Waals surface area contributed by atoms with E-state index < -0.39 is 37.0 Å². The predicted molar refractivity (Wildman–Crippen MR) is 86.8 cm³/mol. The summed E-state index contributed by atoms with van der Waals surface area (Å²) in [5, 5.41) is 1.62. The van der Waals surface area contributed by atoms with E-state index in [-0.39, 0.29) is 6.42 Å². The number of hydrogen-bond donors (Lipinski definition) is 2. The van der Waals surface area contributed by atoms with E-state index in [9.17, 15) is 22.8 Å². The summed E-state index contributed by atoms with van der Waals surface area (Å²) in [5.41, 5.74) is 6.87. The van der Waals surface area contributed by atoms with Crippen molar-refractivity contribution in [2.75, 3.05) is 18.6 Å². The fraction of sp³-hybridized carbons (Fsp3) is 0.500. The summed E-state index contributed by atoms with van der Waals surface area (Å²) in [5.74, 6) is -0.0136. The van der Waals surface area contributed by atoms with Crippen LogP contribution in [0.1, 0.15) is 18.9 Å². The molecule has 0 bridgehead atoms. The summed E-state index contributed by atoms with van der Waals surface area (Å²) in [6.07, 6.45) is -6.52. The Bertz CT molecular complexity index is 681. The number of halogens is 3. The van der Waals surface area contributed by atoms with Crippen molar-refractivity contribution in [2.45, 2.75) is 38.2 Å². The first kappa shape index (κ1) is 19.8. The lowest BCUT2D eigenvalue weighted by atomic mass is 10.1. The second-order valence-corrected chi connectivity index (χ2v) is 5.71. The minimum atomic E-state index is -4.57. The average molecular weight is 375 g/mol. The lowest BCUT2D eigenvalue weighted by Gasteiger charge is -2.27. The van der Waals surface area contributed by atoms with Crippen LogP contribution in [0.25, 0.3) is 0 Å². The number of fused-ring (bicyclic) bond motifs is 1. The Hall–Kier alpha value is -2.49. The van der Waals surface area contributed by atoms with E-state index in [1.807, 2.05) is 0 Å². The maximum absolute atomic E-state index is 12.6. The number of anilines is 1. The molecule has 2 atom stereocenters. The number of nitrogens with zero attached hydrogens (tertiary/aromatic N) is 1. The summed E-state index contributed by atoms with van der Waals surface area (Å²) in [6, 6.07) is 4.13. The maximum Gasteiger partial charge on any atom is 0.409 e. The molecule has 2 rings (SSSR count). The van der Waals surface area contributed by atoms with E-state index in [0.29, 0.717) is 23.4 Å². The van der Waals surface area contributed by atoms with Crippen LogP contribution in [0.2, 0.25) is 0 Å². The summed E-state index contributed by atoms with van der Waals surface area (Å²) in [7, 11) is 1.45. The molecule has 1 heterocycles. The van der Waals surface area contributed by atoms with Crippen LogP contribution < -0.4 is 20.7 Å². The highest BCUT2D eigenvalue weighted by molar-refractivity contribution is 6.00. The van der Waals surface area contributed by atoms with Crippen molar-refractivity contribution in [1.82, 2.24) is 5.32 Å². The number of rotatable bonds is 5. The van der Waals surface area contributed by atoms with E-state index in [0.717, 1.165) is 0 Å². The molecule has 0 aliphatic carbocycles. The molecule has 1 aliphatic rings. The zero-order chi connectivity index (χ0) is 19.5. The Morgan fingerprint density at radius 3 is 2.69 bits per heavy atom. The lowest BCUT2D eigenvalue weighted by molar-refractivity contribution is -0.125. The summed E-state index contributed by atoms with van der Waals surface area (Å²) in [4.78, 5) is 25.5. The molecular weight excluding hydrogens is 355 g/mol. The SMILES string of the molecule is CC[C@H](N)C(=O)N1c2cccc(OC)c2C[C@@H]1OC(=O)NCC(F)(F)F. The number of hydrogen-bond acceptors (Lipinski definition) is 5. The number of methoxy groups -OCH3 is 1. The number of carbonyl (C=O) groups is 2. The second kappa shape index (κ2) is 7.81. The molecule has 1 aliphatic heterocycles. The number of alkyl halides is 3. The van der Waals surface area contributed by atoms with Gasteiger partial charge in [-0.15, -0.1) is 0 Å². The van der Waals surface area contributed by atoms with Gasteiger partial charge in [-0.25, -0.2) is 4.79 Å². The van der Waals surface area contributed by atoms with Crippen LogP contribution in [0.15, 0.2) is 18.2 Å². The molecule has 3 N–H and O–H groups in total. The quantitative estimate of drug-likeness (QED) is 0.820. The van der Waals surface area contributed by atoms with Gasteiger partial charge in [-0.3, -0.25) is 9.69 Å². The van der Waals surface area contributed by atoms with Crippen molar-refractivity contribution < 1.29 is 32.2 Å². The largest absolute Gasteiger partial charge is 0.496 e. The third-order valence-corrected chi connectivity index (χ3v) is 3.93. The molecule has 0 saturated heterocycles. The number of ether oxygens (including phenoxy) is 2. The van der Waals surface area contributed by atoms with Crippen molar-refractivity contribution in [3.8, 4) is 5.75 Å². The van der Waals surface area contributed by atoms with Crippen LogP contribution in [0, 0.1) is 0 Å². The highest BCUT2D eigenvalue weighted by atomic mass is 19.4. The molecule has 0 spiro atoms. The molecule has 7 nitrogen and oxygen atoms in total. The Kier molecular flexibility index (Phi) is 5.96. The highest BCUT2D eigenvalue weighted by Gasteiger charge is 2.40. The summed E-state index contributed by atoms with van der Waals surface area (Å²) >= 11 is 0. The minimum absolute atomic E-state index is 0.0843. The van der Waals surface area contributed by atoms with Crippen LogP contribution in [0.5, 0.6) is 5.75 Å². The standard InChI is InChI=1S/C16H20F3N3O4/c1-3-10(20)14(23)22-11-5-4-6-12(25-2)9(11)7-13(22)26-15(24)21-8-16(17,18)19/h4-6,10,13H,3,7-8,20H2,1-2H3,(H,21,24)/t10-,13-/m0/s1. The Morgan fingerprint density at radius 2 is 2.12 bits per heavy atom. The molecular formula is C16H20F3N3O4. The van der Waals surface area contributed by atoms with Crippen molar-refractivity contribution in [2.24, 2.45) is 5.73 Å². The molecule has 0 fully saturated rings. The zero-order valence-electron chi connectivity index (χ0n) is 14.3. The Balaban J connectivity index is 2.24. The first-order valence-electron chi connectivity index (χ1n) is 7.93. The fourth-order valence-electron chi connectivity index (χ4n) is 2.64. The van der Waals surface area contributed by atoms with Gasteiger partial charge in [-0.1, -0.05) is 13.0 Å². The molecule has 0 unspecified atom stereocenters. The average Bonchev–Trinajstić information content (AvgIpc) is 2.95. The van der Waals surface area contributed by atoms with E-state index in [1.165, 1.54) is 12.0 Å². The molecule has 2 amide bonds. The van der Waals surface area contributed by atoms with Crippen molar-refractivity contribution >= 4 is 17.7 Å². The highest BCUT2D eigenvalue weighted by Crippen LogP contribution is 2.39. The minimum Gasteiger partial charge on any atom is -0.496 e. The van der Waals surface area contributed by atoms with Crippen LogP contribution in [-0.2, 0) is 16.0 Å². The molecule has 0 aromatic heterocycles. The van der Waals surface area contributed by atoms with Gasteiger partial charge in [0.25, 0.3) is 0 Å². The third kappa shape index (κ3) is 4.37. The fourth-order valence-corrected chi connectivity index (χ4v) is 2.64. The van der Waals surface area contributed by atoms with Gasteiger partial charge in [0, 0.05) is 12.0 Å². The number of nitrogens with two attached hydrogens (primary N) is 1. The van der Waals surface area contributed by atoms with Crippen LogP contribution in [0.3, 0.4) is 0 Å². The van der Waals surface area contributed by atoms with Gasteiger partial charge in [0.15, 0.2) is 6.23 Å². The number of amides is 2. The smallest absolute Gasteiger partial charge is 0.409 e. The molecule has 0 radical (unpaired) electrons. The molecule has 1 aromatic rings. The first-order valence-corrected chi connectivity index (χ1v) is 7.93. The van der Waals surface area contributed by atoms with E-state index in [1.54, 1.807) is 30.4 Å². The van der Waals surface area contributed by atoms with Crippen LogP contribution in [-0.4, -0.2) is 44.1 Å². The molecule has 144 valence electrons. The zero-order valence-corrected chi connectivity index (χ0v) is 14.3. The Labute approximate surface area is 148 Å². The van der Waals surface area contributed by atoms with Crippen molar-refractivity contribution in [1.29, 1.82) is 0 Å². The topological polar surface area (TPSA) is 93.9 Å². The van der Waals surface area contributed by atoms with Gasteiger partial charge in [-0.2, -0.15) is 13.2 Å². The number of nitrogens with one attached hydrogen (secondary N) is 1. The lowest BCUT2D eigenvalue weighted by Crippen LogP contribution is -2.49. The summed E-state index contributed by atoms with van der Waals surface area (Å²) in [6.45, 7) is 0.189. The van der Waals surface area contributed by atoms with Crippen LogP contribution in [0.4, 0.5) is 23.7 Å². The second-order valence-electron chi connectivity index (χ2n) is 5.71. The normalized spacial score (nSPS) is 17.5. The molecule has 1 aromatic carbocycles. The van der Waals surface area contributed by atoms with Gasteiger partial charge in [0.1, 0.15) is 12.3 Å². The van der Waals surface area contributed by atoms with Crippen molar-refractivity contribution in [3.05, 3.63) is 23.8 Å². The molecule has 0 saturated carbocycles. The van der Waals surface area contributed by atoms with Gasteiger partial charge in [0.2, 0.25) is 5.91 Å². The van der Waals surface area contributed by atoms with E-state index >= 15 is 0 Å². The number of benzene rings is 1.